The molecule has 0 saturated carbocycles. The first-order valence-corrected chi connectivity index (χ1v) is 8.78. The summed E-state index contributed by atoms with van der Waals surface area (Å²) in [6.45, 7) is 3.58. The predicted molar refractivity (Wildman–Crippen MR) is 102 cm³/mol. The summed E-state index contributed by atoms with van der Waals surface area (Å²) in [5, 5.41) is 14.8. The van der Waals surface area contributed by atoms with Crippen LogP contribution in [0.3, 0.4) is 0 Å². The van der Waals surface area contributed by atoms with Crippen LogP contribution in [0.1, 0.15) is 25.0 Å². The fourth-order valence-corrected chi connectivity index (χ4v) is 2.53. The summed E-state index contributed by atoms with van der Waals surface area (Å²) >= 11 is 0. The lowest BCUT2D eigenvalue weighted by atomic mass is 10.0. The molecular formula is C21H24N2O4. The van der Waals surface area contributed by atoms with E-state index in [1.54, 1.807) is 13.8 Å². The third kappa shape index (κ3) is 6.26. The largest absolute Gasteiger partial charge is 0.459 e. The Hall–Kier alpha value is -3.15. The molecule has 0 heterocycles. The van der Waals surface area contributed by atoms with E-state index in [1.165, 1.54) is 0 Å². The minimum absolute atomic E-state index is 0.0380. The first kappa shape index (κ1) is 20.2. The molecule has 2 aromatic rings. The SMILES string of the molecule is CC(C)/C(=N\O)C(=O)N[C@@H](Cc1ccccc1)C(=O)OCc1ccccc1. The van der Waals surface area contributed by atoms with Crippen LogP contribution in [0, 0.1) is 5.92 Å². The predicted octanol–water partition coefficient (Wildman–Crippen LogP) is 2.94. The molecule has 0 aliphatic heterocycles. The molecule has 2 rings (SSSR count). The number of nitrogens with zero attached hydrogens (tertiary/aromatic N) is 1. The molecule has 6 heteroatoms. The van der Waals surface area contributed by atoms with Gasteiger partial charge in [-0.2, -0.15) is 0 Å². The van der Waals surface area contributed by atoms with Crippen molar-refractivity contribution in [1.29, 1.82) is 0 Å². The molecule has 0 bridgehead atoms. The van der Waals surface area contributed by atoms with Crippen LogP contribution in [0.25, 0.3) is 0 Å². The molecule has 0 aliphatic carbocycles. The number of carbonyl (C=O) groups is 2. The highest BCUT2D eigenvalue weighted by molar-refractivity contribution is 6.39. The molecule has 0 spiro atoms. The first-order valence-electron chi connectivity index (χ1n) is 8.78. The lowest BCUT2D eigenvalue weighted by Crippen LogP contribution is -2.47. The van der Waals surface area contributed by atoms with Crippen molar-refractivity contribution >= 4 is 17.6 Å². The third-order valence-corrected chi connectivity index (χ3v) is 3.98. The Bertz CT molecular complexity index is 773. The van der Waals surface area contributed by atoms with Gasteiger partial charge >= 0.3 is 5.97 Å². The second-order valence-corrected chi connectivity index (χ2v) is 6.45. The van der Waals surface area contributed by atoms with Gasteiger partial charge in [0, 0.05) is 12.3 Å². The van der Waals surface area contributed by atoms with Crippen LogP contribution in [0.5, 0.6) is 0 Å². The van der Waals surface area contributed by atoms with Crippen LogP contribution in [0.4, 0.5) is 0 Å². The standard InChI is InChI=1S/C21H24N2O4/c1-15(2)19(23-26)20(24)22-18(13-16-9-5-3-6-10-16)21(25)27-14-17-11-7-4-8-12-17/h3-12,15,18,26H,13-14H2,1-2H3,(H,22,24)/b23-19+/t18-/m0/s1. The molecule has 6 nitrogen and oxygen atoms in total. The number of nitrogens with one attached hydrogen (secondary N) is 1. The Labute approximate surface area is 158 Å². The average Bonchev–Trinajstić information content (AvgIpc) is 2.67. The summed E-state index contributed by atoms with van der Waals surface area (Å²) < 4.78 is 5.38. The van der Waals surface area contributed by atoms with Gasteiger partial charge in [0.25, 0.3) is 5.91 Å². The number of amides is 1. The Morgan fingerprint density at radius 1 is 1.00 bits per heavy atom. The normalized spacial score (nSPS) is 12.5. The maximum absolute atomic E-state index is 12.6. The Kier molecular flexibility index (Phi) is 7.55. The highest BCUT2D eigenvalue weighted by Gasteiger charge is 2.26. The van der Waals surface area contributed by atoms with Gasteiger partial charge in [-0.05, 0) is 11.1 Å². The zero-order valence-electron chi connectivity index (χ0n) is 15.5. The molecular weight excluding hydrogens is 344 g/mol. The minimum Gasteiger partial charge on any atom is -0.459 e. The molecule has 1 atom stereocenters. The van der Waals surface area contributed by atoms with E-state index in [0.717, 1.165) is 11.1 Å². The molecule has 1 amide bonds. The monoisotopic (exact) mass is 368 g/mol. The highest BCUT2D eigenvalue weighted by atomic mass is 16.5. The van der Waals surface area contributed by atoms with Crippen molar-refractivity contribution in [1.82, 2.24) is 5.32 Å². The molecule has 0 aromatic heterocycles. The molecule has 142 valence electrons. The van der Waals surface area contributed by atoms with E-state index in [9.17, 15) is 9.59 Å². The molecule has 2 N–H and O–H groups in total. The number of oxime groups is 1. The number of ether oxygens (including phenoxy) is 1. The second-order valence-electron chi connectivity index (χ2n) is 6.45. The number of esters is 1. The molecule has 0 aliphatic rings. The number of benzene rings is 2. The van der Waals surface area contributed by atoms with E-state index < -0.39 is 17.9 Å². The van der Waals surface area contributed by atoms with Crippen LogP contribution in [-0.4, -0.2) is 28.8 Å². The topological polar surface area (TPSA) is 88.0 Å². The van der Waals surface area contributed by atoms with Gasteiger partial charge in [0.05, 0.1) is 0 Å². The Morgan fingerprint density at radius 2 is 1.56 bits per heavy atom. The minimum atomic E-state index is -0.890. The molecule has 2 aromatic carbocycles. The summed E-state index contributed by atoms with van der Waals surface area (Å²) in [4.78, 5) is 25.0. The maximum Gasteiger partial charge on any atom is 0.329 e. The number of carbonyl (C=O) groups excluding carboxylic acids is 2. The van der Waals surface area contributed by atoms with Crippen molar-refractivity contribution in [2.45, 2.75) is 32.9 Å². The van der Waals surface area contributed by atoms with Crippen LogP contribution in [-0.2, 0) is 27.4 Å². The number of rotatable bonds is 8. The van der Waals surface area contributed by atoms with E-state index in [-0.39, 0.29) is 24.7 Å². The summed E-state index contributed by atoms with van der Waals surface area (Å²) in [5.74, 6) is -1.42. The van der Waals surface area contributed by atoms with E-state index in [1.807, 2.05) is 60.7 Å². The summed E-state index contributed by atoms with van der Waals surface area (Å²) in [6.07, 6.45) is 0.275. The lowest BCUT2D eigenvalue weighted by molar-refractivity contribution is -0.148. The zero-order valence-corrected chi connectivity index (χ0v) is 15.5. The molecule has 0 unspecified atom stereocenters. The third-order valence-electron chi connectivity index (χ3n) is 3.98. The van der Waals surface area contributed by atoms with Gasteiger partial charge in [-0.15, -0.1) is 0 Å². The van der Waals surface area contributed by atoms with E-state index in [0.29, 0.717) is 0 Å². The molecule has 27 heavy (non-hydrogen) atoms. The van der Waals surface area contributed by atoms with Gasteiger partial charge in [-0.1, -0.05) is 79.7 Å². The Balaban J connectivity index is 2.10. The van der Waals surface area contributed by atoms with Gasteiger partial charge in [-0.25, -0.2) is 4.79 Å². The van der Waals surface area contributed by atoms with E-state index in [2.05, 4.69) is 10.5 Å². The highest BCUT2D eigenvalue weighted by Crippen LogP contribution is 2.08. The van der Waals surface area contributed by atoms with Crippen molar-refractivity contribution in [3.8, 4) is 0 Å². The van der Waals surface area contributed by atoms with Gasteiger partial charge in [0.15, 0.2) is 0 Å². The van der Waals surface area contributed by atoms with Crippen molar-refractivity contribution < 1.29 is 19.5 Å². The van der Waals surface area contributed by atoms with Crippen LogP contribution in [0.15, 0.2) is 65.8 Å². The zero-order chi connectivity index (χ0) is 19.6. The quantitative estimate of drug-likeness (QED) is 0.325. The van der Waals surface area contributed by atoms with Gasteiger partial charge < -0.3 is 15.3 Å². The van der Waals surface area contributed by atoms with Crippen molar-refractivity contribution in [3.63, 3.8) is 0 Å². The Morgan fingerprint density at radius 3 is 2.07 bits per heavy atom. The van der Waals surface area contributed by atoms with Crippen molar-refractivity contribution in [2.75, 3.05) is 0 Å². The van der Waals surface area contributed by atoms with Crippen LogP contribution >= 0.6 is 0 Å². The van der Waals surface area contributed by atoms with Crippen molar-refractivity contribution in [2.24, 2.45) is 11.1 Å². The fraction of sp³-hybridized carbons (Fsp3) is 0.286. The van der Waals surface area contributed by atoms with Crippen molar-refractivity contribution in [3.05, 3.63) is 71.8 Å². The molecule has 0 fully saturated rings. The lowest BCUT2D eigenvalue weighted by Gasteiger charge is -2.19. The fourth-order valence-electron chi connectivity index (χ4n) is 2.53. The summed E-state index contributed by atoms with van der Waals surface area (Å²) in [5.41, 5.74) is 1.70. The number of hydrogen-bond acceptors (Lipinski definition) is 5. The van der Waals surface area contributed by atoms with E-state index in [4.69, 9.17) is 9.94 Å². The van der Waals surface area contributed by atoms with E-state index >= 15 is 0 Å². The molecule has 0 radical (unpaired) electrons. The van der Waals surface area contributed by atoms with Gasteiger partial charge in [0.1, 0.15) is 18.4 Å². The second kappa shape index (κ2) is 10.1. The van der Waals surface area contributed by atoms with Gasteiger partial charge in [0.2, 0.25) is 0 Å². The molecule has 0 saturated heterocycles. The smallest absolute Gasteiger partial charge is 0.329 e. The average molecular weight is 368 g/mol. The first-order chi connectivity index (χ1) is 13.0. The van der Waals surface area contributed by atoms with Crippen LogP contribution < -0.4 is 5.32 Å². The van der Waals surface area contributed by atoms with Gasteiger partial charge in [-0.3, -0.25) is 4.79 Å². The van der Waals surface area contributed by atoms with Crippen LogP contribution in [0.2, 0.25) is 0 Å². The summed E-state index contributed by atoms with van der Waals surface area (Å²) in [7, 11) is 0. The maximum atomic E-state index is 12.6. The summed E-state index contributed by atoms with van der Waals surface area (Å²) in [6, 6.07) is 17.8. The number of hydrogen-bond donors (Lipinski definition) is 2.